The lowest BCUT2D eigenvalue weighted by Crippen LogP contribution is -2.10. The number of esters is 1. The number of ether oxygens (including phenoxy) is 1. The molecule has 1 aromatic heterocycles. The van der Waals surface area contributed by atoms with E-state index < -0.39 is 6.04 Å². The first-order valence-corrected chi connectivity index (χ1v) is 7.43. The maximum Gasteiger partial charge on any atom is 0.344 e. The maximum atomic E-state index is 12.2. The minimum Gasteiger partial charge on any atom is -0.405 e. The Morgan fingerprint density at radius 3 is 2.57 bits per heavy atom. The van der Waals surface area contributed by atoms with E-state index in [1.807, 2.05) is 67.6 Å². The number of aliphatic imine (C=N–C) groups is 1. The smallest absolute Gasteiger partial charge is 0.344 e. The minimum atomic E-state index is -0.700. The monoisotopic (exact) mass is 302 g/mol. The molecular weight excluding hydrogens is 288 g/mol. The number of cyclic esters (lactones) is 1. The van der Waals surface area contributed by atoms with E-state index in [0.717, 1.165) is 22.0 Å². The summed E-state index contributed by atoms with van der Waals surface area (Å²) in [5.74, 6) is -0.0285. The van der Waals surface area contributed by atoms with Crippen molar-refractivity contribution in [3.05, 3.63) is 77.5 Å². The SMILES string of the molecule is Cc1cc(C2N=C(c3ccccc3)OC2=O)nc2ccccc12. The Bertz CT molecular complexity index is 933. The zero-order chi connectivity index (χ0) is 15.8. The van der Waals surface area contributed by atoms with Crippen LogP contribution in [0.25, 0.3) is 10.9 Å². The molecule has 3 aromatic rings. The molecule has 0 saturated heterocycles. The van der Waals surface area contributed by atoms with E-state index in [1.165, 1.54) is 0 Å². The molecule has 0 N–H and O–H groups in total. The fourth-order valence-corrected chi connectivity index (χ4v) is 2.76. The third kappa shape index (κ3) is 2.38. The van der Waals surface area contributed by atoms with Gasteiger partial charge in [0.1, 0.15) is 0 Å². The number of benzene rings is 2. The third-order valence-corrected chi connectivity index (χ3v) is 3.91. The second-order valence-electron chi connectivity index (χ2n) is 5.51. The van der Waals surface area contributed by atoms with Crippen molar-refractivity contribution in [2.75, 3.05) is 0 Å². The Balaban J connectivity index is 1.78. The summed E-state index contributed by atoms with van der Waals surface area (Å²) >= 11 is 0. The van der Waals surface area contributed by atoms with E-state index in [1.54, 1.807) is 0 Å². The number of carbonyl (C=O) groups excluding carboxylic acids is 1. The highest BCUT2D eigenvalue weighted by Gasteiger charge is 2.32. The number of para-hydroxylation sites is 1. The summed E-state index contributed by atoms with van der Waals surface area (Å²) in [7, 11) is 0. The van der Waals surface area contributed by atoms with Crippen LogP contribution in [0.1, 0.15) is 22.9 Å². The second kappa shape index (κ2) is 5.32. The van der Waals surface area contributed by atoms with Crippen molar-refractivity contribution in [1.29, 1.82) is 0 Å². The van der Waals surface area contributed by atoms with Gasteiger partial charge in [0.15, 0.2) is 6.04 Å². The Morgan fingerprint density at radius 1 is 1.00 bits per heavy atom. The van der Waals surface area contributed by atoms with Gasteiger partial charge in [-0.1, -0.05) is 36.4 Å². The fraction of sp³-hybridized carbons (Fsp3) is 0.105. The lowest BCUT2D eigenvalue weighted by molar-refractivity contribution is -0.135. The number of rotatable bonds is 2. The number of carbonyl (C=O) groups is 1. The molecule has 0 aliphatic carbocycles. The summed E-state index contributed by atoms with van der Waals surface area (Å²) in [6.45, 7) is 2.01. The van der Waals surface area contributed by atoms with Gasteiger partial charge in [0.05, 0.1) is 11.2 Å². The molecule has 4 nitrogen and oxygen atoms in total. The van der Waals surface area contributed by atoms with Crippen LogP contribution in [-0.2, 0) is 9.53 Å². The van der Waals surface area contributed by atoms with E-state index in [9.17, 15) is 4.79 Å². The van der Waals surface area contributed by atoms with Crippen molar-refractivity contribution in [2.24, 2.45) is 4.99 Å². The van der Waals surface area contributed by atoms with Gasteiger partial charge in [-0.05, 0) is 36.8 Å². The zero-order valence-corrected chi connectivity index (χ0v) is 12.6. The number of hydrogen-bond donors (Lipinski definition) is 0. The van der Waals surface area contributed by atoms with Crippen LogP contribution in [0.5, 0.6) is 0 Å². The van der Waals surface area contributed by atoms with Gasteiger partial charge in [0.25, 0.3) is 0 Å². The van der Waals surface area contributed by atoms with E-state index in [0.29, 0.717) is 11.6 Å². The van der Waals surface area contributed by atoms with Crippen LogP contribution >= 0.6 is 0 Å². The van der Waals surface area contributed by atoms with Gasteiger partial charge in [0.2, 0.25) is 5.90 Å². The first-order chi connectivity index (χ1) is 11.2. The van der Waals surface area contributed by atoms with Gasteiger partial charge in [-0.3, -0.25) is 0 Å². The lowest BCUT2D eigenvalue weighted by atomic mass is 10.1. The Kier molecular flexibility index (Phi) is 3.15. The average molecular weight is 302 g/mol. The molecule has 4 rings (SSSR count). The number of pyridine rings is 1. The quantitative estimate of drug-likeness (QED) is 0.680. The normalized spacial score (nSPS) is 17.2. The highest BCUT2D eigenvalue weighted by Crippen LogP contribution is 2.28. The summed E-state index contributed by atoms with van der Waals surface area (Å²) in [6, 6.07) is 18.5. The Morgan fingerprint density at radius 2 is 1.74 bits per heavy atom. The summed E-state index contributed by atoms with van der Waals surface area (Å²) in [4.78, 5) is 21.3. The van der Waals surface area contributed by atoms with Crippen LogP contribution in [-0.4, -0.2) is 16.9 Å². The zero-order valence-electron chi connectivity index (χ0n) is 12.6. The summed E-state index contributed by atoms with van der Waals surface area (Å²) in [6.07, 6.45) is 0. The Labute approximate surface area is 133 Å². The molecule has 0 fully saturated rings. The fourth-order valence-electron chi connectivity index (χ4n) is 2.76. The molecule has 112 valence electrons. The van der Waals surface area contributed by atoms with Crippen molar-refractivity contribution in [1.82, 2.24) is 4.98 Å². The van der Waals surface area contributed by atoms with Gasteiger partial charge in [-0.25, -0.2) is 14.8 Å². The molecule has 1 aliphatic rings. The highest BCUT2D eigenvalue weighted by atomic mass is 16.6. The van der Waals surface area contributed by atoms with Crippen molar-refractivity contribution < 1.29 is 9.53 Å². The van der Waals surface area contributed by atoms with Crippen molar-refractivity contribution in [3.63, 3.8) is 0 Å². The molecule has 0 saturated carbocycles. The molecule has 1 atom stereocenters. The van der Waals surface area contributed by atoms with Crippen LogP contribution in [0.4, 0.5) is 0 Å². The van der Waals surface area contributed by atoms with Gasteiger partial charge >= 0.3 is 5.97 Å². The molecule has 4 heteroatoms. The summed E-state index contributed by atoms with van der Waals surface area (Å²) in [5, 5.41) is 1.08. The first-order valence-electron chi connectivity index (χ1n) is 7.43. The number of aryl methyl sites for hydroxylation is 1. The summed E-state index contributed by atoms with van der Waals surface area (Å²) < 4.78 is 5.34. The number of hydrogen-bond acceptors (Lipinski definition) is 4. The van der Waals surface area contributed by atoms with Crippen LogP contribution in [0.3, 0.4) is 0 Å². The van der Waals surface area contributed by atoms with Crippen LogP contribution in [0.15, 0.2) is 65.7 Å². The molecular formula is C19H14N2O2. The third-order valence-electron chi connectivity index (χ3n) is 3.91. The molecule has 1 aliphatic heterocycles. The van der Waals surface area contributed by atoms with Gasteiger partial charge in [-0.2, -0.15) is 0 Å². The second-order valence-corrected chi connectivity index (χ2v) is 5.51. The average Bonchev–Trinajstić information content (AvgIpc) is 2.97. The Hall–Kier alpha value is -3.01. The van der Waals surface area contributed by atoms with Gasteiger partial charge < -0.3 is 4.74 Å². The summed E-state index contributed by atoms with van der Waals surface area (Å²) in [5.41, 5.74) is 3.35. The van der Waals surface area contributed by atoms with Crippen molar-refractivity contribution >= 4 is 22.8 Å². The molecule has 2 aromatic carbocycles. The van der Waals surface area contributed by atoms with E-state index in [-0.39, 0.29) is 5.97 Å². The van der Waals surface area contributed by atoms with Gasteiger partial charge in [0, 0.05) is 10.9 Å². The molecule has 0 amide bonds. The molecule has 23 heavy (non-hydrogen) atoms. The lowest BCUT2D eigenvalue weighted by Gasteiger charge is -2.07. The van der Waals surface area contributed by atoms with E-state index in [4.69, 9.17) is 4.74 Å². The number of nitrogens with zero attached hydrogens (tertiary/aromatic N) is 2. The molecule has 2 heterocycles. The van der Waals surface area contributed by atoms with Crippen LogP contribution in [0, 0.1) is 6.92 Å². The molecule has 0 bridgehead atoms. The van der Waals surface area contributed by atoms with Crippen molar-refractivity contribution in [2.45, 2.75) is 13.0 Å². The largest absolute Gasteiger partial charge is 0.405 e. The van der Waals surface area contributed by atoms with Crippen LogP contribution < -0.4 is 0 Å². The topological polar surface area (TPSA) is 51.5 Å². The van der Waals surface area contributed by atoms with Crippen LogP contribution in [0.2, 0.25) is 0 Å². The predicted molar refractivity (Wildman–Crippen MR) is 88.3 cm³/mol. The van der Waals surface area contributed by atoms with E-state index >= 15 is 0 Å². The van der Waals surface area contributed by atoms with Gasteiger partial charge in [-0.15, -0.1) is 0 Å². The molecule has 1 unspecified atom stereocenters. The highest BCUT2D eigenvalue weighted by molar-refractivity contribution is 6.06. The molecule has 0 spiro atoms. The number of fused-ring (bicyclic) bond motifs is 1. The minimum absolute atomic E-state index is 0.355. The van der Waals surface area contributed by atoms with E-state index in [2.05, 4.69) is 9.98 Å². The molecule has 0 radical (unpaired) electrons. The first kappa shape index (κ1) is 13.6. The van der Waals surface area contributed by atoms with Crippen molar-refractivity contribution in [3.8, 4) is 0 Å². The standard InChI is InChI=1S/C19H14N2O2/c1-12-11-16(20-15-10-6-5-9-14(12)15)17-19(22)23-18(21-17)13-7-3-2-4-8-13/h2-11,17H,1H3. The predicted octanol–water partition coefficient (Wildman–Crippen LogP) is 3.59. The number of aromatic nitrogens is 1. The maximum absolute atomic E-state index is 12.2.